The average Bonchev–Trinajstić information content (AvgIpc) is 2.30. The van der Waals surface area contributed by atoms with Gasteiger partial charge in [0.05, 0.1) is 0 Å². The van der Waals surface area contributed by atoms with Gasteiger partial charge in [-0.05, 0) is 17.7 Å². The highest BCUT2D eigenvalue weighted by Gasteiger charge is 2.14. The molecule has 3 heteroatoms. The van der Waals surface area contributed by atoms with Gasteiger partial charge in [-0.1, -0.05) is 12.1 Å². The van der Waals surface area contributed by atoms with Crippen LogP contribution in [0.4, 0.5) is 5.69 Å². The van der Waals surface area contributed by atoms with Crippen molar-refractivity contribution < 1.29 is 0 Å². The highest BCUT2D eigenvalue weighted by atomic mass is 32.2. The summed E-state index contributed by atoms with van der Waals surface area (Å²) >= 11 is 2.05. The molecule has 0 aromatic heterocycles. The second kappa shape index (κ2) is 4.71. The molecule has 1 heterocycles. The van der Waals surface area contributed by atoms with Crippen LogP contribution in [0.3, 0.4) is 0 Å². The third-order valence-corrected chi connectivity index (χ3v) is 3.78. The Balaban J connectivity index is 2.07. The number of rotatable bonds is 2. The van der Waals surface area contributed by atoms with Gasteiger partial charge in [-0.3, -0.25) is 0 Å². The smallest absolute Gasteiger partial charge is 0.0422 e. The second-order valence-electron chi connectivity index (χ2n) is 3.44. The quantitative estimate of drug-likeness (QED) is 0.778. The Morgan fingerprint density at radius 2 is 2.14 bits per heavy atom. The van der Waals surface area contributed by atoms with Crippen molar-refractivity contribution in [1.82, 2.24) is 5.32 Å². The molecule has 76 valence electrons. The first-order chi connectivity index (χ1) is 6.90. The van der Waals surface area contributed by atoms with E-state index in [1.54, 1.807) is 0 Å². The van der Waals surface area contributed by atoms with Crippen molar-refractivity contribution in [2.24, 2.45) is 0 Å². The van der Waals surface area contributed by atoms with E-state index in [0.717, 1.165) is 13.1 Å². The lowest BCUT2D eigenvalue weighted by atomic mass is 10.1. The molecule has 14 heavy (non-hydrogen) atoms. The number of benzene rings is 1. The van der Waals surface area contributed by atoms with E-state index in [4.69, 9.17) is 0 Å². The summed E-state index contributed by atoms with van der Waals surface area (Å²) in [4.78, 5) is 0. The molecule has 0 saturated carbocycles. The van der Waals surface area contributed by atoms with E-state index in [0.29, 0.717) is 5.25 Å². The van der Waals surface area contributed by atoms with Gasteiger partial charge >= 0.3 is 0 Å². The molecule has 1 saturated heterocycles. The Hall–Kier alpha value is -0.670. The average molecular weight is 208 g/mol. The first-order valence-corrected chi connectivity index (χ1v) is 6.05. The summed E-state index contributed by atoms with van der Waals surface area (Å²) in [6, 6.07) is 8.72. The van der Waals surface area contributed by atoms with Gasteiger partial charge in [0.2, 0.25) is 0 Å². The Labute approximate surface area is 89.5 Å². The van der Waals surface area contributed by atoms with E-state index >= 15 is 0 Å². The molecule has 2 rings (SSSR count). The van der Waals surface area contributed by atoms with Gasteiger partial charge < -0.3 is 10.6 Å². The minimum atomic E-state index is 0.634. The normalized spacial score (nSPS) is 21.9. The van der Waals surface area contributed by atoms with Crippen molar-refractivity contribution in [3.05, 3.63) is 29.8 Å². The summed E-state index contributed by atoms with van der Waals surface area (Å²) in [5.41, 5.74) is 2.61. The lowest BCUT2D eigenvalue weighted by Gasteiger charge is -2.22. The zero-order valence-electron chi connectivity index (χ0n) is 8.42. The second-order valence-corrected chi connectivity index (χ2v) is 4.75. The molecule has 2 nitrogen and oxygen atoms in total. The fraction of sp³-hybridized carbons (Fsp3) is 0.455. The van der Waals surface area contributed by atoms with E-state index in [2.05, 4.69) is 34.9 Å². The van der Waals surface area contributed by atoms with Crippen LogP contribution in [0.15, 0.2) is 24.3 Å². The van der Waals surface area contributed by atoms with Crippen LogP contribution in [0.2, 0.25) is 0 Å². The van der Waals surface area contributed by atoms with Gasteiger partial charge in [0.1, 0.15) is 0 Å². The lowest BCUT2D eigenvalue weighted by molar-refractivity contribution is 0.689. The number of nitrogens with one attached hydrogen (secondary N) is 2. The predicted octanol–water partition coefficient (Wildman–Crippen LogP) is 2.11. The molecule has 1 aliphatic rings. The van der Waals surface area contributed by atoms with Crippen molar-refractivity contribution in [3.8, 4) is 0 Å². The molecular weight excluding hydrogens is 192 g/mol. The molecule has 0 spiro atoms. The van der Waals surface area contributed by atoms with Crippen molar-refractivity contribution in [2.45, 2.75) is 5.25 Å². The van der Waals surface area contributed by atoms with Crippen LogP contribution in [-0.4, -0.2) is 25.9 Å². The first-order valence-electron chi connectivity index (χ1n) is 5.00. The SMILES string of the molecule is CNc1ccc(C2CNCCS2)cc1. The maximum atomic E-state index is 3.43. The molecule has 0 aliphatic carbocycles. The number of thioether (sulfide) groups is 1. The van der Waals surface area contributed by atoms with Gasteiger partial charge in [0, 0.05) is 36.8 Å². The van der Waals surface area contributed by atoms with Gasteiger partial charge in [0.15, 0.2) is 0 Å². The third kappa shape index (κ3) is 2.22. The first kappa shape index (κ1) is 9.87. The van der Waals surface area contributed by atoms with Crippen molar-refractivity contribution in [1.29, 1.82) is 0 Å². The van der Waals surface area contributed by atoms with Crippen molar-refractivity contribution in [3.63, 3.8) is 0 Å². The standard InChI is InChI=1S/C11H16N2S/c1-12-10-4-2-9(3-5-10)11-8-13-6-7-14-11/h2-5,11-13H,6-8H2,1H3. The van der Waals surface area contributed by atoms with Crippen LogP contribution in [0.1, 0.15) is 10.8 Å². The molecule has 0 amide bonds. The van der Waals surface area contributed by atoms with Crippen LogP contribution in [-0.2, 0) is 0 Å². The topological polar surface area (TPSA) is 24.1 Å². The summed E-state index contributed by atoms with van der Waals surface area (Å²) in [7, 11) is 1.95. The summed E-state index contributed by atoms with van der Waals surface area (Å²) in [6.45, 7) is 2.25. The van der Waals surface area contributed by atoms with Crippen LogP contribution in [0.5, 0.6) is 0 Å². The van der Waals surface area contributed by atoms with E-state index in [1.807, 2.05) is 18.8 Å². The van der Waals surface area contributed by atoms with Gasteiger partial charge in [-0.2, -0.15) is 11.8 Å². The predicted molar refractivity (Wildman–Crippen MR) is 64.1 cm³/mol. The van der Waals surface area contributed by atoms with E-state index < -0.39 is 0 Å². The third-order valence-electron chi connectivity index (χ3n) is 2.50. The summed E-state index contributed by atoms with van der Waals surface area (Å²) in [6.07, 6.45) is 0. The monoisotopic (exact) mass is 208 g/mol. The summed E-state index contributed by atoms with van der Waals surface area (Å²) in [5, 5.41) is 7.19. The van der Waals surface area contributed by atoms with Crippen LogP contribution >= 0.6 is 11.8 Å². The van der Waals surface area contributed by atoms with E-state index in [1.165, 1.54) is 17.0 Å². The van der Waals surface area contributed by atoms with E-state index in [-0.39, 0.29) is 0 Å². The minimum Gasteiger partial charge on any atom is -0.388 e. The fourth-order valence-electron chi connectivity index (χ4n) is 1.64. The summed E-state index contributed by atoms with van der Waals surface area (Å²) in [5.74, 6) is 1.22. The van der Waals surface area contributed by atoms with Crippen molar-refractivity contribution >= 4 is 17.4 Å². The van der Waals surface area contributed by atoms with Crippen LogP contribution in [0, 0.1) is 0 Å². The molecule has 1 aromatic carbocycles. The van der Waals surface area contributed by atoms with Crippen LogP contribution in [0.25, 0.3) is 0 Å². The highest BCUT2D eigenvalue weighted by Crippen LogP contribution is 2.30. The maximum absolute atomic E-state index is 3.43. The largest absolute Gasteiger partial charge is 0.388 e. The molecule has 1 fully saturated rings. The van der Waals surface area contributed by atoms with Crippen molar-refractivity contribution in [2.75, 3.05) is 31.2 Å². The fourth-order valence-corrected chi connectivity index (χ4v) is 2.78. The number of hydrogen-bond donors (Lipinski definition) is 2. The molecular formula is C11H16N2S. The zero-order valence-corrected chi connectivity index (χ0v) is 9.23. The van der Waals surface area contributed by atoms with E-state index in [9.17, 15) is 0 Å². The molecule has 1 aromatic rings. The Bertz CT molecular complexity index is 278. The highest BCUT2D eigenvalue weighted by molar-refractivity contribution is 7.99. The van der Waals surface area contributed by atoms with Gasteiger partial charge in [-0.25, -0.2) is 0 Å². The Morgan fingerprint density at radius 1 is 1.36 bits per heavy atom. The molecule has 2 N–H and O–H groups in total. The zero-order chi connectivity index (χ0) is 9.80. The molecule has 1 aliphatic heterocycles. The molecule has 0 bridgehead atoms. The minimum absolute atomic E-state index is 0.634. The number of hydrogen-bond acceptors (Lipinski definition) is 3. The van der Waals surface area contributed by atoms with Crippen LogP contribution < -0.4 is 10.6 Å². The maximum Gasteiger partial charge on any atom is 0.0422 e. The molecule has 1 atom stereocenters. The molecule has 0 radical (unpaired) electrons. The summed E-state index contributed by atoms with van der Waals surface area (Å²) < 4.78 is 0. The number of anilines is 1. The molecule has 1 unspecified atom stereocenters. The lowest BCUT2D eigenvalue weighted by Crippen LogP contribution is -2.28. The Kier molecular flexibility index (Phi) is 3.32. The van der Waals surface area contributed by atoms with Gasteiger partial charge in [-0.15, -0.1) is 0 Å². The van der Waals surface area contributed by atoms with Gasteiger partial charge in [0.25, 0.3) is 0 Å². The Morgan fingerprint density at radius 3 is 2.71 bits per heavy atom.